The van der Waals surface area contributed by atoms with Gasteiger partial charge in [-0.1, -0.05) is 23.9 Å². The number of thioether (sulfide) groups is 1. The first-order valence-electron chi connectivity index (χ1n) is 5.68. The van der Waals surface area contributed by atoms with E-state index in [4.69, 9.17) is 0 Å². The molecule has 0 bridgehead atoms. The van der Waals surface area contributed by atoms with Gasteiger partial charge in [-0.05, 0) is 18.4 Å². The first-order valence-corrected chi connectivity index (χ1v) is 6.90. The number of nitrogens with one attached hydrogen (secondary N) is 1. The topological polar surface area (TPSA) is 87.5 Å². The summed E-state index contributed by atoms with van der Waals surface area (Å²) in [4.78, 5) is 19.9. The largest absolute Gasteiger partial charge is 0.507 e. The Balaban J connectivity index is 1.99. The molecule has 7 heteroatoms. The van der Waals surface area contributed by atoms with Gasteiger partial charge in [-0.3, -0.25) is 4.79 Å². The average Bonchev–Trinajstić information content (AvgIpc) is 2.48. The van der Waals surface area contributed by atoms with Crippen LogP contribution in [0.5, 0.6) is 5.75 Å². The minimum absolute atomic E-state index is 0.0899. The molecule has 0 spiro atoms. The van der Waals surface area contributed by atoms with E-state index in [9.17, 15) is 9.90 Å². The SMILES string of the molecule is CSc1ncc(C=NNC(=O)c2ccccc2O)cn1. The van der Waals surface area contributed by atoms with E-state index < -0.39 is 5.91 Å². The number of phenolic OH excluding ortho intramolecular Hbond substituents is 1. The van der Waals surface area contributed by atoms with Crippen LogP contribution in [-0.2, 0) is 0 Å². The predicted octanol–water partition coefficient (Wildman–Crippen LogP) is 1.67. The summed E-state index contributed by atoms with van der Waals surface area (Å²) >= 11 is 1.44. The molecule has 2 rings (SSSR count). The van der Waals surface area contributed by atoms with E-state index in [2.05, 4.69) is 20.5 Å². The lowest BCUT2D eigenvalue weighted by Gasteiger charge is -2.01. The van der Waals surface area contributed by atoms with Gasteiger partial charge in [0.1, 0.15) is 5.75 Å². The van der Waals surface area contributed by atoms with Crippen molar-refractivity contribution in [2.75, 3.05) is 6.26 Å². The number of rotatable bonds is 4. The quantitative estimate of drug-likeness (QED) is 0.387. The van der Waals surface area contributed by atoms with E-state index in [1.54, 1.807) is 24.5 Å². The van der Waals surface area contributed by atoms with E-state index >= 15 is 0 Å². The van der Waals surface area contributed by atoms with Crippen LogP contribution in [0.25, 0.3) is 0 Å². The van der Waals surface area contributed by atoms with Crippen LogP contribution in [-0.4, -0.2) is 33.5 Å². The highest BCUT2D eigenvalue weighted by Gasteiger charge is 2.08. The number of aromatic hydroxyl groups is 1. The van der Waals surface area contributed by atoms with Crippen molar-refractivity contribution in [3.63, 3.8) is 0 Å². The van der Waals surface area contributed by atoms with Crippen molar-refractivity contribution < 1.29 is 9.90 Å². The second-order valence-corrected chi connectivity index (χ2v) is 4.49. The number of aromatic nitrogens is 2. The van der Waals surface area contributed by atoms with Crippen LogP contribution in [0.2, 0.25) is 0 Å². The van der Waals surface area contributed by atoms with Crippen LogP contribution < -0.4 is 5.43 Å². The summed E-state index contributed by atoms with van der Waals surface area (Å²) in [5, 5.41) is 14.0. The zero-order chi connectivity index (χ0) is 14.4. The van der Waals surface area contributed by atoms with Crippen LogP contribution in [0.3, 0.4) is 0 Å². The van der Waals surface area contributed by atoms with Gasteiger partial charge in [0.25, 0.3) is 5.91 Å². The highest BCUT2D eigenvalue weighted by molar-refractivity contribution is 7.98. The van der Waals surface area contributed by atoms with Crippen molar-refractivity contribution >= 4 is 23.9 Å². The zero-order valence-corrected chi connectivity index (χ0v) is 11.5. The number of hydrogen-bond acceptors (Lipinski definition) is 6. The molecule has 0 aliphatic carbocycles. The van der Waals surface area contributed by atoms with Gasteiger partial charge >= 0.3 is 0 Å². The number of nitrogens with zero attached hydrogens (tertiary/aromatic N) is 3. The molecule has 1 heterocycles. The predicted molar refractivity (Wildman–Crippen MR) is 77.0 cm³/mol. The molecule has 2 aromatic rings. The molecule has 0 radical (unpaired) electrons. The van der Waals surface area contributed by atoms with Crippen LogP contribution in [0.1, 0.15) is 15.9 Å². The third-order valence-electron chi connectivity index (χ3n) is 2.36. The zero-order valence-electron chi connectivity index (χ0n) is 10.6. The van der Waals surface area contributed by atoms with Crippen molar-refractivity contribution in [3.05, 3.63) is 47.8 Å². The third-order valence-corrected chi connectivity index (χ3v) is 2.94. The lowest BCUT2D eigenvalue weighted by molar-refractivity contribution is 0.0952. The minimum atomic E-state index is -0.485. The summed E-state index contributed by atoms with van der Waals surface area (Å²) in [7, 11) is 0. The second kappa shape index (κ2) is 6.67. The highest BCUT2D eigenvalue weighted by atomic mass is 32.2. The molecule has 1 amide bonds. The number of benzene rings is 1. The first kappa shape index (κ1) is 14.0. The number of hydrazone groups is 1. The number of amides is 1. The number of phenols is 1. The Morgan fingerprint density at radius 3 is 2.70 bits per heavy atom. The van der Waals surface area contributed by atoms with Crippen LogP contribution >= 0.6 is 11.8 Å². The van der Waals surface area contributed by atoms with Crippen molar-refractivity contribution in [1.82, 2.24) is 15.4 Å². The summed E-state index contributed by atoms with van der Waals surface area (Å²) in [5.41, 5.74) is 3.16. The summed E-state index contributed by atoms with van der Waals surface area (Å²) in [6.07, 6.45) is 6.53. The van der Waals surface area contributed by atoms with E-state index in [1.165, 1.54) is 30.1 Å². The number of hydrogen-bond donors (Lipinski definition) is 2. The van der Waals surface area contributed by atoms with Gasteiger partial charge in [0.2, 0.25) is 0 Å². The van der Waals surface area contributed by atoms with Gasteiger partial charge in [-0.25, -0.2) is 15.4 Å². The van der Waals surface area contributed by atoms with Crippen molar-refractivity contribution in [1.29, 1.82) is 0 Å². The molecule has 2 N–H and O–H groups in total. The monoisotopic (exact) mass is 288 g/mol. The number of para-hydroxylation sites is 1. The fraction of sp³-hybridized carbons (Fsp3) is 0.0769. The fourth-order valence-electron chi connectivity index (χ4n) is 1.39. The maximum absolute atomic E-state index is 11.7. The van der Waals surface area contributed by atoms with Gasteiger partial charge in [0.05, 0.1) is 11.8 Å². The second-order valence-electron chi connectivity index (χ2n) is 3.72. The fourth-order valence-corrected chi connectivity index (χ4v) is 1.71. The van der Waals surface area contributed by atoms with Crippen LogP contribution in [0.15, 0.2) is 46.9 Å². The van der Waals surface area contributed by atoms with Crippen LogP contribution in [0.4, 0.5) is 0 Å². The van der Waals surface area contributed by atoms with Crippen LogP contribution in [0, 0.1) is 0 Å². The molecule has 1 aromatic heterocycles. The third kappa shape index (κ3) is 3.55. The van der Waals surface area contributed by atoms with Crippen molar-refractivity contribution in [2.24, 2.45) is 5.10 Å². The number of carbonyl (C=O) groups is 1. The molecule has 0 saturated heterocycles. The average molecular weight is 288 g/mol. The van der Waals surface area contributed by atoms with Gasteiger partial charge in [-0.15, -0.1) is 0 Å². The first-order chi connectivity index (χ1) is 9.70. The Hall–Kier alpha value is -2.41. The van der Waals surface area contributed by atoms with E-state index in [0.717, 1.165) is 0 Å². The Bertz CT molecular complexity index is 629. The van der Waals surface area contributed by atoms with E-state index in [0.29, 0.717) is 10.7 Å². The highest BCUT2D eigenvalue weighted by Crippen LogP contribution is 2.14. The Kier molecular flexibility index (Phi) is 4.67. The molecule has 0 unspecified atom stereocenters. The lowest BCUT2D eigenvalue weighted by atomic mass is 10.2. The van der Waals surface area contributed by atoms with Gasteiger partial charge in [0, 0.05) is 18.0 Å². The molecule has 20 heavy (non-hydrogen) atoms. The van der Waals surface area contributed by atoms with E-state index in [1.807, 2.05) is 6.26 Å². The molecule has 0 fully saturated rings. The molecule has 102 valence electrons. The van der Waals surface area contributed by atoms with Gasteiger partial charge < -0.3 is 5.11 Å². The normalized spacial score (nSPS) is 10.7. The molecular weight excluding hydrogens is 276 g/mol. The lowest BCUT2D eigenvalue weighted by Crippen LogP contribution is -2.17. The van der Waals surface area contributed by atoms with Gasteiger partial charge in [0.15, 0.2) is 5.16 Å². The van der Waals surface area contributed by atoms with E-state index in [-0.39, 0.29) is 11.3 Å². The molecular formula is C13H12N4O2S. The summed E-state index contributed by atoms with van der Waals surface area (Å²) in [6.45, 7) is 0. The number of carbonyl (C=O) groups excluding carboxylic acids is 1. The standard InChI is InChI=1S/C13H12N4O2S/c1-20-13-14-6-9(7-15-13)8-16-17-12(19)10-4-2-3-5-11(10)18/h2-8,18H,1H3,(H,17,19). The van der Waals surface area contributed by atoms with Gasteiger partial charge in [-0.2, -0.15) is 5.10 Å². The molecule has 1 aromatic carbocycles. The molecule has 0 atom stereocenters. The minimum Gasteiger partial charge on any atom is -0.507 e. The molecule has 0 aliphatic heterocycles. The Morgan fingerprint density at radius 1 is 1.35 bits per heavy atom. The van der Waals surface area contributed by atoms with Crippen molar-refractivity contribution in [2.45, 2.75) is 5.16 Å². The molecule has 0 saturated carbocycles. The smallest absolute Gasteiger partial charge is 0.275 e. The summed E-state index contributed by atoms with van der Waals surface area (Å²) in [5.74, 6) is -0.575. The maximum atomic E-state index is 11.7. The Morgan fingerprint density at radius 2 is 2.05 bits per heavy atom. The Labute approximate surface area is 120 Å². The van der Waals surface area contributed by atoms with Crippen molar-refractivity contribution in [3.8, 4) is 5.75 Å². The summed E-state index contributed by atoms with van der Waals surface area (Å²) in [6, 6.07) is 6.25. The maximum Gasteiger partial charge on any atom is 0.275 e. The summed E-state index contributed by atoms with van der Waals surface area (Å²) < 4.78 is 0. The molecule has 6 nitrogen and oxygen atoms in total. The molecule has 0 aliphatic rings.